The standard InChI is InChI=1S/C20H21N5O2S/c1-4-25-18(15-8-10-21-11-9-15)23-24-20(25)28-14(3)19(27)22-17-7-5-6-16(12-17)13(2)26/h5-12,14H,4H2,1-3H3,(H,22,27). The van der Waals surface area contributed by atoms with Gasteiger partial charge in [-0.25, -0.2) is 0 Å². The fourth-order valence-electron chi connectivity index (χ4n) is 2.65. The van der Waals surface area contributed by atoms with Crippen molar-refractivity contribution in [1.82, 2.24) is 19.7 Å². The molecule has 28 heavy (non-hydrogen) atoms. The van der Waals surface area contributed by atoms with Crippen LogP contribution in [0.15, 0.2) is 53.9 Å². The number of hydrogen-bond donors (Lipinski definition) is 1. The first-order valence-electron chi connectivity index (χ1n) is 8.91. The number of ketones is 1. The minimum Gasteiger partial charge on any atom is -0.325 e. The molecule has 0 saturated carbocycles. The molecular formula is C20H21N5O2S. The average Bonchev–Trinajstić information content (AvgIpc) is 3.11. The van der Waals surface area contributed by atoms with Crippen molar-refractivity contribution in [1.29, 1.82) is 0 Å². The summed E-state index contributed by atoms with van der Waals surface area (Å²) in [7, 11) is 0. The van der Waals surface area contributed by atoms with Crippen LogP contribution in [0, 0.1) is 0 Å². The molecule has 7 nitrogen and oxygen atoms in total. The monoisotopic (exact) mass is 395 g/mol. The molecule has 0 aliphatic carbocycles. The lowest BCUT2D eigenvalue weighted by Crippen LogP contribution is -2.23. The topological polar surface area (TPSA) is 89.8 Å². The number of nitrogens with one attached hydrogen (secondary N) is 1. The van der Waals surface area contributed by atoms with Gasteiger partial charge >= 0.3 is 0 Å². The van der Waals surface area contributed by atoms with Gasteiger partial charge < -0.3 is 9.88 Å². The highest BCUT2D eigenvalue weighted by atomic mass is 32.2. The summed E-state index contributed by atoms with van der Waals surface area (Å²) >= 11 is 1.34. The largest absolute Gasteiger partial charge is 0.325 e. The fraction of sp³-hybridized carbons (Fsp3) is 0.250. The van der Waals surface area contributed by atoms with Crippen molar-refractivity contribution in [3.05, 3.63) is 54.4 Å². The number of anilines is 1. The zero-order chi connectivity index (χ0) is 20.1. The first-order chi connectivity index (χ1) is 13.5. The molecule has 3 aromatic rings. The predicted octanol–water partition coefficient (Wildman–Crippen LogP) is 3.68. The zero-order valence-corrected chi connectivity index (χ0v) is 16.7. The smallest absolute Gasteiger partial charge is 0.237 e. The molecule has 3 rings (SSSR count). The minimum atomic E-state index is -0.388. The van der Waals surface area contributed by atoms with Crippen LogP contribution < -0.4 is 5.32 Å². The number of pyridine rings is 1. The van der Waals surface area contributed by atoms with Crippen LogP contribution in [0.4, 0.5) is 5.69 Å². The van der Waals surface area contributed by atoms with Gasteiger partial charge in [0.25, 0.3) is 0 Å². The summed E-state index contributed by atoms with van der Waals surface area (Å²) in [5.41, 5.74) is 2.08. The molecule has 2 aromatic heterocycles. The Balaban J connectivity index is 1.73. The summed E-state index contributed by atoms with van der Waals surface area (Å²) in [6.07, 6.45) is 3.42. The molecule has 1 aromatic carbocycles. The molecule has 0 aliphatic heterocycles. The van der Waals surface area contributed by atoms with Crippen LogP contribution in [0.5, 0.6) is 0 Å². The maximum Gasteiger partial charge on any atom is 0.237 e. The molecule has 1 amide bonds. The number of thioether (sulfide) groups is 1. The summed E-state index contributed by atoms with van der Waals surface area (Å²) in [5, 5.41) is 11.7. The van der Waals surface area contributed by atoms with Gasteiger partial charge in [-0.2, -0.15) is 0 Å². The van der Waals surface area contributed by atoms with Gasteiger partial charge in [-0.15, -0.1) is 10.2 Å². The van der Waals surface area contributed by atoms with E-state index in [0.29, 0.717) is 23.0 Å². The summed E-state index contributed by atoms with van der Waals surface area (Å²) in [4.78, 5) is 28.1. The normalized spacial score (nSPS) is 11.8. The molecule has 2 heterocycles. The molecule has 0 radical (unpaired) electrons. The lowest BCUT2D eigenvalue weighted by atomic mass is 10.1. The van der Waals surface area contributed by atoms with Gasteiger partial charge in [-0.05, 0) is 45.0 Å². The second-order valence-electron chi connectivity index (χ2n) is 6.17. The number of carbonyl (C=O) groups excluding carboxylic acids is 2. The second-order valence-corrected chi connectivity index (χ2v) is 7.48. The number of carbonyl (C=O) groups is 2. The SMILES string of the molecule is CCn1c(SC(C)C(=O)Nc2cccc(C(C)=O)c2)nnc1-c1ccncc1. The van der Waals surface area contributed by atoms with Crippen LogP contribution in [0.1, 0.15) is 31.1 Å². The van der Waals surface area contributed by atoms with Crippen LogP contribution in [-0.2, 0) is 11.3 Å². The highest BCUT2D eigenvalue weighted by Gasteiger charge is 2.20. The molecule has 1 atom stereocenters. The average molecular weight is 395 g/mol. The lowest BCUT2D eigenvalue weighted by Gasteiger charge is -2.13. The van der Waals surface area contributed by atoms with Crippen LogP contribution in [0.3, 0.4) is 0 Å². The molecule has 1 N–H and O–H groups in total. The van der Waals surface area contributed by atoms with Crippen molar-refractivity contribution in [2.24, 2.45) is 0 Å². The molecule has 0 saturated heterocycles. The van der Waals surface area contributed by atoms with Gasteiger partial charge in [0.2, 0.25) is 5.91 Å². The Kier molecular flexibility index (Phi) is 6.20. The fourth-order valence-corrected chi connectivity index (χ4v) is 3.56. The van der Waals surface area contributed by atoms with Gasteiger partial charge in [0.15, 0.2) is 16.8 Å². The Hall–Kier alpha value is -3.00. The van der Waals surface area contributed by atoms with E-state index in [1.165, 1.54) is 18.7 Å². The van der Waals surface area contributed by atoms with Crippen molar-refractivity contribution in [2.75, 3.05) is 5.32 Å². The molecular weight excluding hydrogens is 374 g/mol. The quantitative estimate of drug-likeness (QED) is 0.485. The van der Waals surface area contributed by atoms with E-state index >= 15 is 0 Å². The Labute approximate surface area is 167 Å². The van der Waals surface area contributed by atoms with Crippen molar-refractivity contribution in [3.63, 3.8) is 0 Å². The third-order valence-electron chi connectivity index (χ3n) is 4.16. The van der Waals surface area contributed by atoms with Crippen molar-refractivity contribution in [3.8, 4) is 11.4 Å². The third-order valence-corrected chi connectivity index (χ3v) is 5.24. The van der Waals surface area contributed by atoms with E-state index < -0.39 is 0 Å². The third kappa shape index (κ3) is 4.45. The zero-order valence-electron chi connectivity index (χ0n) is 15.9. The Morgan fingerprint density at radius 1 is 1.18 bits per heavy atom. The van der Waals surface area contributed by atoms with Crippen molar-refractivity contribution in [2.45, 2.75) is 37.7 Å². The van der Waals surface area contributed by atoms with E-state index in [2.05, 4.69) is 20.5 Å². The summed E-state index contributed by atoms with van der Waals surface area (Å²) in [5.74, 6) is 0.536. The highest BCUT2D eigenvalue weighted by molar-refractivity contribution is 8.00. The van der Waals surface area contributed by atoms with E-state index in [1.54, 1.807) is 36.7 Å². The number of rotatable bonds is 7. The van der Waals surface area contributed by atoms with Crippen LogP contribution in [-0.4, -0.2) is 36.7 Å². The molecule has 0 spiro atoms. The summed E-state index contributed by atoms with van der Waals surface area (Å²) < 4.78 is 1.97. The summed E-state index contributed by atoms with van der Waals surface area (Å²) in [6, 6.07) is 10.7. The number of hydrogen-bond acceptors (Lipinski definition) is 6. The van der Waals surface area contributed by atoms with Gasteiger partial charge in [0, 0.05) is 35.8 Å². The van der Waals surface area contributed by atoms with Crippen molar-refractivity contribution >= 4 is 29.1 Å². The van der Waals surface area contributed by atoms with E-state index in [-0.39, 0.29) is 16.9 Å². The van der Waals surface area contributed by atoms with Crippen LogP contribution in [0.2, 0.25) is 0 Å². The Morgan fingerprint density at radius 3 is 2.61 bits per heavy atom. The second kappa shape index (κ2) is 8.79. The number of aromatic nitrogens is 4. The number of Topliss-reactive ketones (excluding diaryl/α,β-unsaturated/α-hetero) is 1. The van der Waals surface area contributed by atoms with Gasteiger partial charge in [0.05, 0.1) is 5.25 Å². The van der Waals surface area contributed by atoms with Crippen molar-refractivity contribution < 1.29 is 9.59 Å². The van der Waals surface area contributed by atoms with E-state index in [9.17, 15) is 9.59 Å². The number of amides is 1. The lowest BCUT2D eigenvalue weighted by molar-refractivity contribution is -0.115. The number of nitrogens with zero attached hydrogens (tertiary/aromatic N) is 4. The first kappa shape index (κ1) is 19.8. The maximum atomic E-state index is 12.6. The first-order valence-corrected chi connectivity index (χ1v) is 9.79. The van der Waals surface area contributed by atoms with E-state index in [4.69, 9.17) is 0 Å². The molecule has 0 aliphatic rings. The molecule has 0 fully saturated rings. The molecule has 1 unspecified atom stereocenters. The van der Waals surface area contributed by atoms with Crippen LogP contribution in [0.25, 0.3) is 11.4 Å². The Bertz CT molecular complexity index is 987. The maximum absolute atomic E-state index is 12.6. The minimum absolute atomic E-state index is 0.0433. The number of benzene rings is 1. The van der Waals surface area contributed by atoms with E-state index in [0.717, 1.165) is 11.4 Å². The van der Waals surface area contributed by atoms with Gasteiger partial charge in [-0.3, -0.25) is 14.6 Å². The van der Waals surface area contributed by atoms with Crippen LogP contribution >= 0.6 is 11.8 Å². The summed E-state index contributed by atoms with van der Waals surface area (Å²) in [6.45, 7) is 6.01. The molecule has 8 heteroatoms. The highest BCUT2D eigenvalue weighted by Crippen LogP contribution is 2.27. The molecule has 144 valence electrons. The van der Waals surface area contributed by atoms with E-state index in [1.807, 2.05) is 30.5 Å². The molecule has 0 bridgehead atoms. The Morgan fingerprint density at radius 2 is 1.93 bits per heavy atom. The van der Waals surface area contributed by atoms with Gasteiger partial charge in [-0.1, -0.05) is 23.9 Å². The predicted molar refractivity (Wildman–Crippen MR) is 109 cm³/mol. The van der Waals surface area contributed by atoms with Gasteiger partial charge in [0.1, 0.15) is 0 Å².